The summed E-state index contributed by atoms with van der Waals surface area (Å²) in [6.07, 6.45) is 3.29. The molecule has 1 saturated heterocycles. The molecule has 1 fully saturated rings. The summed E-state index contributed by atoms with van der Waals surface area (Å²) in [5, 5.41) is 3.35. The second-order valence-electron chi connectivity index (χ2n) is 4.65. The van der Waals surface area contributed by atoms with Gasteiger partial charge in [0.1, 0.15) is 5.82 Å². The van der Waals surface area contributed by atoms with Crippen molar-refractivity contribution in [1.29, 1.82) is 0 Å². The zero-order valence-electron chi connectivity index (χ0n) is 10.6. The second-order valence-corrected chi connectivity index (χ2v) is 5.56. The van der Waals surface area contributed by atoms with Crippen molar-refractivity contribution >= 4 is 15.9 Å². The zero-order valence-corrected chi connectivity index (χ0v) is 12.2. The maximum absolute atomic E-state index is 13.9. The standard InChI is InChI=1S/C14H19BrFNO/c1-2-17-14(9-11-4-3-7-18-11)12-8-10(15)5-6-13(12)16/h5-6,8,11,14,17H,2-4,7,9H2,1H3. The minimum atomic E-state index is -0.151. The van der Waals surface area contributed by atoms with Crippen LogP contribution in [0.25, 0.3) is 0 Å². The number of nitrogens with one attached hydrogen (secondary N) is 1. The number of rotatable bonds is 5. The second kappa shape index (κ2) is 6.64. The molecule has 1 aliphatic rings. The summed E-state index contributed by atoms with van der Waals surface area (Å²) in [5.74, 6) is -0.151. The predicted molar refractivity (Wildman–Crippen MR) is 74.1 cm³/mol. The molecule has 0 aromatic heterocycles. The van der Waals surface area contributed by atoms with Gasteiger partial charge in [0.2, 0.25) is 0 Å². The lowest BCUT2D eigenvalue weighted by Gasteiger charge is -2.22. The third-order valence-electron chi connectivity index (χ3n) is 3.31. The van der Waals surface area contributed by atoms with Crippen molar-refractivity contribution in [2.24, 2.45) is 0 Å². The van der Waals surface area contributed by atoms with Crippen molar-refractivity contribution in [2.75, 3.05) is 13.2 Å². The Kier molecular flexibility index (Phi) is 5.15. The van der Waals surface area contributed by atoms with E-state index in [2.05, 4.69) is 21.2 Å². The normalized spacial score (nSPS) is 21.2. The van der Waals surface area contributed by atoms with Crippen LogP contribution < -0.4 is 5.32 Å². The number of ether oxygens (including phenoxy) is 1. The summed E-state index contributed by atoms with van der Waals surface area (Å²) >= 11 is 3.40. The predicted octanol–water partition coefficient (Wildman–Crippen LogP) is 3.81. The van der Waals surface area contributed by atoms with Gasteiger partial charge < -0.3 is 10.1 Å². The molecule has 18 heavy (non-hydrogen) atoms. The van der Waals surface area contributed by atoms with Crippen LogP contribution in [0.3, 0.4) is 0 Å². The van der Waals surface area contributed by atoms with Gasteiger partial charge in [-0.2, -0.15) is 0 Å². The van der Waals surface area contributed by atoms with Gasteiger partial charge in [-0.15, -0.1) is 0 Å². The van der Waals surface area contributed by atoms with Gasteiger partial charge in [-0.1, -0.05) is 22.9 Å². The minimum Gasteiger partial charge on any atom is -0.378 e. The Labute approximate surface area is 116 Å². The molecule has 1 N–H and O–H groups in total. The van der Waals surface area contributed by atoms with Crippen LogP contribution in [0.1, 0.15) is 37.8 Å². The highest BCUT2D eigenvalue weighted by molar-refractivity contribution is 9.10. The molecule has 1 aliphatic heterocycles. The molecule has 4 heteroatoms. The summed E-state index contributed by atoms with van der Waals surface area (Å²) in [4.78, 5) is 0. The van der Waals surface area contributed by atoms with Gasteiger partial charge in [-0.3, -0.25) is 0 Å². The van der Waals surface area contributed by atoms with Crippen LogP contribution in [0.2, 0.25) is 0 Å². The van der Waals surface area contributed by atoms with Gasteiger partial charge in [0.15, 0.2) is 0 Å². The Morgan fingerprint density at radius 2 is 2.39 bits per heavy atom. The van der Waals surface area contributed by atoms with Gasteiger partial charge in [0.25, 0.3) is 0 Å². The van der Waals surface area contributed by atoms with E-state index < -0.39 is 0 Å². The number of benzene rings is 1. The molecule has 0 amide bonds. The molecule has 2 atom stereocenters. The average molecular weight is 316 g/mol. The fraction of sp³-hybridized carbons (Fsp3) is 0.571. The van der Waals surface area contributed by atoms with Gasteiger partial charge in [-0.25, -0.2) is 4.39 Å². The lowest BCUT2D eigenvalue weighted by Crippen LogP contribution is -2.26. The molecular formula is C14H19BrFNO. The van der Waals surface area contributed by atoms with Crippen molar-refractivity contribution in [3.05, 3.63) is 34.1 Å². The monoisotopic (exact) mass is 315 g/mol. The van der Waals surface area contributed by atoms with E-state index in [0.29, 0.717) is 0 Å². The van der Waals surface area contributed by atoms with E-state index in [1.165, 1.54) is 6.07 Å². The Balaban J connectivity index is 2.14. The van der Waals surface area contributed by atoms with E-state index in [4.69, 9.17) is 4.74 Å². The van der Waals surface area contributed by atoms with Crippen molar-refractivity contribution in [3.63, 3.8) is 0 Å². The highest BCUT2D eigenvalue weighted by Gasteiger charge is 2.23. The lowest BCUT2D eigenvalue weighted by molar-refractivity contribution is 0.0944. The highest BCUT2D eigenvalue weighted by atomic mass is 79.9. The molecule has 1 aromatic carbocycles. The highest BCUT2D eigenvalue weighted by Crippen LogP contribution is 2.28. The number of halogens is 2. The largest absolute Gasteiger partial charge is 0.378 e. The van der Waals surface area contributed by atoms with Crippen LogP contribution in [-0.4, -0.2) is 19.3 Å². The Morgan fingerprint density at radius 3 is 3.06 bits per heavy atom. The first-order chi connectivity index (χ1) is 8.70. The molecule has 1 heterocycles. The average Bonchev–Trinajstić information content (AvgIpc) is 2.85. The van der Waals surface area contributed by atoms with Gasteiger partial charge in [0, 0.05) is 22.7 Å². The van der Waals surface area contributed by atoms with Crippen LogP contribution in [0.15, 0.2) is 22.7 Å². The molecule has 2 unspecified atom stereocenters. The third-order valence-corrected chi connectivity index (χ3v) is 3.80. The molecular weight excluding hydrogens is 297 g/mol. The van der Waals surface area contributed by atoms with Crippen LogP contribution in [-0.2, 0) is 4.74 Å². The summed E-state index contributed by atoms with van der Waals surface area (Å²) in [5.41, 5.74) is 0.724. The van der Waals surface area contributed by atoms with Gasteiger partial charge in [-0.05, 0) is 44.0 Å². The summed E-state index contributed by atoms with van der Waals surface area (Å²) in [6, 6.07) is 5.13. The van der Waals surface area contributed by atoms with Crippen molar-refractivity contribution in [3.8, 4) is 0 Å². The number of hydrogen-bond acceptors (Lipinski definition) is 2. The minimum absolute atomic E-state index is 0.0237. The zero-order chi connectivity index (χ0) is 13.0. The molecule has 0 spiro atoms. The maximum Gasteiger partial charge on any atom is 0.128 e. The molecule has 1 aromatic rings. The molecule has 0 aliphatic carbocycles. The first-order valence-electron chi connectivity index (χ1n) is 6.50. The van der Waals surface area contributed by atoms with Crippen molar-refractivity contribution in [2.45, 2.75) is 38.3 Å². The first kappa shape index (κ1) is 14.0. The topological polar surface area (TPSA) is 21.3 Å². The fourth-order valence-electron chi connectivity index (χ4n) is 2.44. The van der Waals surface area contributed by atoms with Gasteiger partial charge >= 0.3 is 0 Å². The maximum atomic E-state index is 13.9. The Hall–Kier alpha value is -0.450. The van der Waals surface area contributed by atoms with Crippen LogP contribution in [0, 0.1) is 5.82 Å². The SMILES string of the molecule is CCNC(CC1CCCO1)c1cc(Br)ccc1F. The van der Waals surface area contributed by atoms with Crippen molar-refractivity contribution in [1.82, 2.24) is 5.32 Å². The van der Waals surface area contributed by atoms with Crippen molar-refractivity contribution < 1.29 is 9.13 Å². The molecule has 0 bridgehead atoms. The number of hydrogen-bond donors (Lipinski definition) is 1. The fourth-order valence-corrected chi connectivity index (χ4v) is 2.82. The Bertz CT molecular complexity index is 393. The van der Waals surface area contributed by atoms with E-state index in [1.807, 2.05) is 13.0 Å². The smallest absolute Gasteiger partial charge is 0.128 e. The van der Waals surface area contributed by atoms with Crippen LogP contribution in [0.5, 0.6) is 0 Å². The van der Waals surface area contributed by atoms with Crippen LogP contribution >= 0.6 is 15.9 Å². The lowest BCUT2D eigenvalue weighted by atomic mass is 9.98. The van der Waals surface area contributed by atoms with E-state index in [0.717, 1.165) is 42.5 Å². The third kappa shape index (κ3) is 3.53. The van der Waals surface area contributed by atoms with Crippen LogP contribution in [0.4, 0.5) is 4.39 Å². The Morgan fingerprint density at radius 1 is 1.56 bits per heavy atom. The molecule has 0 saturated carbocycles. The molecule has 2 nitrogen and oxygen atoms in total. The van der Waals surface area contributed by atoms with E-state index in [9.17, 15) is 4.39 Å². The van der Waals surface area contributed by atoms with E-state index >= 15 is 0 Å². The molecule has 0 radical (unpaired) electrons. The summed E-state index contributed by atoms with van der Waals surface area (Å²) in [7, 11) is 0. The first-order valence-corrected chi connectivity index (χ1v) is 7.30. The van der Waals surface area contributed by atoms with E-state index in [1.54, 1.807) is 6.07 Å². The summed E-state index contributed by atoms with van der Waals surface area (Å²) < 4.78 is 20.5. The summed E-state index contributed by atoms with van der Waals surface area (Å²) in [6.45, 7) is 3.70. The quantitative estimate of drug-likeness (QED) is 0.892. The van der Waals surface area contributed by atoms with Gasteiger partial charge in [0.05, 0.1) is 6.10 Å². The molecule has 2 rings (SSSR count). The van der Waals surface area contributed by atoms with E-state index in [-0.39, 0.29) is 18.0 Å². The molecule has 100 valence electrons.